The summed E-state index contributed by atoms with van der Waals surface area (Å²) < 4.78 is 32.9. The van der Waals surface area contributed by atoms with E-state index in [-0.39, 0.29) is 11.6 Å². The molecule has 2 heterocycles. The molecule has 1 saturated heterocycles. The van der Waals surface area contributed by atoms with Crippen LogP contribution in [0.5, 0.6) is 0 Å². The van der Waals surface area contributed by atoms with Crippen molar-refractivity contribution in [2.75, 3.05) is 31.1 Å². The zero-order valence-electron chi connectivity index (χ0n) is 16.5. The predicted octanol–water partition coefficient (Wildman–Crippen LogP) is 4.47. The van der Waals surface area contributed by atoms with Gasteiger partial charge in [-0.15, -0.1) is 0 Å². The molecule has 0 spiro atoms. The summed E-state index contributed by atoms with van der Waals surface area (Å²) >= 11 is 5.71. The number of hydrogen-bond donors (Lipinski definition) is 0. The first-order chi connectivity index (χ1) is 14.6. The van der Waals surface area contributed by atoms with Crippen molar-refractivity contribution in [2.24, 2.45) is 0 Å². The van der Waals surface area contributed by atoms with Crippen LogP contribution < -0.4 is 4.90 Å². The third kappa shape index (κ3) is 3.65. The largest absolute Gasteiger partial charge is 0.367 e. The standard InChI is InChI=1S/C22H23F2N5S/c23-18-6-2-1-5-17(18)21-25-28(22(30)29(21)16-9-10-16)15-26-11-13-27(14-12-26)20-8-4-3-7-19(20)24/h1-8,16H,9-15H2. The molecule has 1 aliphatic carbocycles. The highest BCUT2D eigenvalue weighted by Crippen LogP contribution is 2.39. The van der Waals surface area contributed by atoms with Crippen molar-refractivity contribution in [3.05, 3.63) is 64.9 Å². The lowest BCUT2D eigenvalue weighted by Crippen LogP contribution is -2.47. The van der Waals surface area contributed by atoms with Crippen LogP contribution in [0.25, 0.3) is 11.4 Å². The lowest BCUT2D eigenvalue weighted by molar-refractivity contribution is 0.194. The number of nitrogens with zero attached hydrogens (tertiary/aromatic N) is 5. The molecule has 8 heteroatoms. The van der Waals surface area contributed by atoms with E-state index >= 15 is 0 Å². The van der Waals surface area contributed by atoms with E-state index in [4.69, 9.17) is 17.3 Å². The second-order valence-corrected chi connectivity index (χ2v) is 8.25. The van der Waals surface area contributed by atoms with Gasteiger partial charge in [-0.25, -0.2) is 13.5 Å². The number of para-hydroxylation sites is 1. The highest BCUT2D eigenvalue weighted by molar-refractivity contribution is 7.71. The first-order valence-corrected chi connectivity index (χ1v) is 10.7. The minimum absolute atomic E-state index is 0.189. The number of hydrogen-bond acceptors (Lipinski definition) is 4. The second kappa shape index (κ2) is 7.92. The van der Waals surface area contributed by atoms with E-state index in [1.165, 1.54) is 12.1 Å². The van der Waals surface area contributed by atoms with Gasteiger partial charge in [-0.2, -0.15) is 5.10 Å². The van der Waals surface area contributed by atoms with Crippen LogP contribution >= 0.6 is 12.2 Å². The van der Waals surface area contributed by atoms with Crippen LogP contribution in [-0.2, 0) is 6.67 Å². The number of benzene rings is 2. The molecule has 1 aliphatic heterocycles. The van der Waals surface area contributed by atoms with Crippen molar-refractivity contribution in [2.45, 2.75) is 25.6 Å². The summed E-state index contributed by atoms with van der Waals surface area (Å²) in [6.07, 6.45) is 2.09. The molecule has 1 aromatic heterocycles. The van der Waals surface area contributed by atoms with Gasteiger partial charge in [-0.05, 0) is 49.3 Å². The Labute approximate surface area is 179 Å². The maximum Gasteiger partial charge on any atom is 0.199 e. The number of rotatable bonds is 5. The highest BCUT2D eigenvalue weighted by Gasteiger charge is 2.30. The first kappa shape index (κ1) is 19.4. The summed E-state index contributed by atoms with van der Waals surface area (Å²) in [6.45, 7) is 3.57. The van der Waals surface area contributed by atoms with Crippen molar-refractivity contribution in [1.29, 1.82) is 0 Å². The Morgan fingerprint density at radius 1 is 0.900 bits per heavy atom. The van der Waals surface area contributed by atoms with Gasteiger partial charge in [-0.3, -0.25) is 9.47 Å². The molecule has 1 saturated carbocycles. The van der Waals surface area contributed by atoms with Crippen molar-refractivity contribution in [3.63, 3.8) is 0 Å². The van der Waals surface area contributed by atoms with Gasteiger partial charge in [0.15, 0.2) is 10.6 Å². The molecular weight excluding hydrogens is 404 g/mol. The van der Waals surface area contributed by atoms with Crippen LogP contribution in [0, 0.1) is 16.4 Å². The molecule has 2 aliphatic rings. The van der Waals surface area contributed by atoms with Crippen LogP contribution in [0.3, 0.4) is 0 Å². The summed E-state index contributed by atoms with van der Waals surface area (Å²) in [5.41, 5.74) is 1.13. The van der Waals surface area contributed by atoms with Gasteiger partial charge in [0.05, 0.1) is 17.9 Å². The fourth-order valence-electron chi connectivity index (χ4n) is 4.03. The zero-order chi connectivity index (χ0) is 20.7. The van der Waals surface area contributed by atoms with Crippen molar-refractivity contribution in [1.82, 2.24) is 19.2 Å². The third-order valence-electron chi connectivity index (χ3n) is 5.80. The van der Waals surface area contributed by atoms with Gasteiger partial charge in [0.2, 0.25) is 0 Å². The minimum Gasteiger partial charge on any atom is -0.367 e. The van der Waals surface area contributed by atoms with Crippen LogP contribution in [0.2, 0.25) is 0 Å². The number of piperazine rings is 1. The molecule has 3 aromatic rings. The molecule has 0 atom stereocenters. The van der Waals surface area contributed by atoms with Crippen LogP contribution in [-0.4, -0.2) is 45.4 Å². The maximum absolute atomic E-state index is 14.4. The molecular formula is C22H23F2N5S. The van der Waals surface area contributed by atoms with Crippen LogP contribution in [0.1, 0.15) is 18.9 Å². The molecule has 0 unspecified atom stereocenters. The van der Waals surface area contributed by atoms with E-state index in [9.17, 15) is 8.78 Å². The Bertz CT molecular complexity index is 1110. The van der Waals surface area contributed by atoms with Crippen molar-refractivity contribution in [3.8, 4) is 11.4 Å². The Hall–Kier alpha value is -2.58. The second-order valence-electron chi connectivity index (χ2n) is 7.88. The average molecular weight is 428 g/mol. The molecule has 0 radical (unpaired) electrons. The van der Waals surface area contributed by atoms with Gasteiger partial charge in [0.1, 0.15) is 11.6 Å². The molecule has 156 valence electrons. The Balaban J connectivity index is 1.35. The fourth-order valence-corrected chi connectivity index (χ4v) is 4.36. The smallest absolute Gasteiger partial charge is 0.199 e. The van der Waals surface area contributed by atoms with E-state index < -0.39 is 0 Å². The minimum atomic E-state index is -0.287. The summed E-state index contributed by atoms with van der Waals surface area (Å²) in [5, 5.41) is 4.71. The van der Waals surface area contributed by atoms with E-state index in [0.717, 1.165) is 39.0 Å². The molecule has 2 fully saturated rings. The molecule has 5 rings (SSSR count). The van der Waals surface area contributed by atoms with E-state index in [0.29, 0.717) is 34.6 Å². The normalized spacial score (nSPS) is 17.5. The molecule has 0 N–H and O–H groups in total. The summed E-state index contributed by atoms with van der Waals surface area (Å²) in [4.78, 5) is 4.32. The molecule has 0 amide bonds. The topological polar surface area (TPSA) is 29.2 Å². The number of halogens is 2. The maximum atomic E-state index is 14.4. The van der Waals surface area contributed by atoms with Crippen molar-refractivity contribution >= 4 is 17.9 Å². The fraction of sp³-hybridized carbons (Fsp3) is 0.364. The molecule has 5 nitrogen and oxygen atoms in total. The van der Waals surface area contributed by atoms with Gasteiger partial charge in [-0.1, -0.05) is 24.3 Å². The third-order valence-corrected chi connectivity index (χ3v) is 6.20. The van der Waals surface area contributed by atoms with Gasteiger partial charge < -0.3 is 4.90 Å². The highest BCUT2D eigenvalue weighted by atomic mass is 32.1. The first-order valence-electron chi connectivity index (χ1n) is 10.3. The van der Waals surface area contributed by atoms with Gasteiger partial charge in [0, 0.05) is 32.2 Å². The molecule has 2 aromatic carbocycles. The van der Waals surface area contributed by atoms with Crippen LogP contribution in [0.4, 0.5) is 14.5 Å². The van der Waals surface area contributed by atoms with E-state index in [1.807, 2.05) is 22.8 Å². The zero-order valence-corrected chi connectivity index (χ0v) is 17.4. The Kier molecular flexibility index (Phi) is 5.12. The lowest BCUT2D eigenvalue weighted by Gasteiger charge is -2.35. The SMILES string of the molecule is Fc1ccccc1-c1nn(CN2CCN(c3ccccc3F)CC2)c(=S)n1C1CC1. The lowest BCUT2D eigenvalue weighted by atomic mass is 10.2. The molecule has 0 bridgehead atoms. The summed E-state index contributed by atoms with van der Waals surface area (Å²) in [7, 11) is 0. The van der Waals surface area contributed by atoms with Gasteiger partial charge >= 0.3 is 0 Å². The van der Waals surface area contributed by atoms with E-state index in [2.05, 4.69) is 9.80 Å². The van der Waals surface area contributed by atoms with Crippen LogP contribution in [0.15, 0.2) is 48.5 Å². The summed E-state index contributed by atoms with van der Waals surface area (Å²) in [6, 6.07) is 13.9. The Morgan fingerprint density at radius 2 is 1.57 bits per heavy atom. The van der Waals surface area contributed by atoms with Gasteiger partial charge in [0.25, 0.3) is 0 Å². The van der Waals surface area contributed by atoms with Crippen molar-refractivity contribution < 1.29 is 8.78 Å². The Morgan fingerprint density at radius 3 is 2.23 bits per heavy atom. The number of aromatic nitrogens is 3. The van der Waals surface area contributed by atoms with E-state index in [1.54, 1.807) is 22.9 Å². The number of anilines is 1. The quantitative estimate of drug-likeness (QED) is 0.562. The summed E-state index contributed by atoms with van der Waals surface area (Å²) in [5.74, 6) is 0.126. The monoisotopic (exact) mass is 427 g/mol. The predicted molar refractivity (Wildman–Crippen MR) is 115 cm³/mol. The molecule has 30 heavy (non-hydrogen) atoms. The average Bonchev–Trinajstić information content (AvgIpc) is 3.54.